The van der Waals surface area contributed by atoms with Crippen molar-refractivity contribution in [2.24, 2.45) is 4.99 Å². The van der Waals surface area contributed by atoms with Crippen LogP contribution in [0.15, 0.2) is 58.4 Å². The smallest absolute Gasteiger partial charge is 0.264 e. The Morgan fingerprint density at radius 2 is 1.78 bits per heavy atom. The summed E-state index contributed by atoms with van der Waals surface area (Å²) < 4.78 is 10.9. The summed E-state index contributed by atoms with van der Waals surface area (Å²) in [6.45, 7) is 4.13. The molecule has 1 saturated heterocycles. The van der Waals surface area contributed by atoms with E-state index in [0.29, 0.717) is 10.1 Å². The maximum absolute atomic E-state index is 12.2. The molecule has 1 fully saturated rings. The lowest BCUT2D eigenvalue weighted by Crippen LogP contribution is -2.19. The Hall–Kier alpha value is -2.73. The van der Waals surface area contributed by atoms with Crippen LogP contribution in [0.1, 0.15) is 25.8 Å². The number of methoxy groups -OCH3 is 1. The molecule has 6 heteroatoms. The van der Waals surface area contributed by atoms with Gasteiger partial charge in [-0.05, 0) is 73.1 Å². The summed E-state index contributed by atoms with van der Waals surface area (Å²) in [5.41, 5.74) is 1.70. The van der Waals surface area contributed by atoms with E-state index in [1.54, 1.807) is 7.11 Å². The lowest BCUT2D eigenvalue weighted by Gasteiger charge is -2.12. The Morgan fingerprint density at radius 3 is 2.41 bits per heavy atom. The number of hydrogen-bond donors (Lipinski definition) is 1. The third-order valence-corrected chi connectivity index (χ3v) is 4.95. The molecule has 0 unspecified atom stereocenters. The van der Waals surface area contributed by atoms with Gasteiger partial charge in [0, 0.05) is 0 Å². The van der Waals surface area contributed by atoms with Crippen molar-refractivity contribution in [2.75, 3.05) is 7.11 Å². The molecule has 0 spiro atoms. The molecule has 140 valence electrons. The zero-order chi connectivity index (χ0) is 19.2. The summed E-state index contributed by atoms with van der Waals surface area (Å²) in [6, 6.07) is 15.1. The van der Waals surface area contributed by atoms with E-state index in [4.69, 9.17) is 9.47 Å². The van der Waals surface area contributed by atoms with Crippen molar-refractivity contribution in [2.45, 2.75) is 26.4 Å². The molecule has 1 aliphatic heterocycles. The van der Waals surface area contributed by atoms with Gasteiger partial charge in [0.1, 0.15) is 11.5 Å². The van der Waals surface area contributed by atoms with Crippen molar-refractivity contribution in [1.82, 2.24) is 5.32 Å². The summed E-state index contributed by atoms with van der Waals surface area (Å²) in [5, 5.41) is 3.36. The maximum atomic E-state index is 12.2. The summed E-state index contributed by atoms with van der Waals surface area (Å²) in [6.07, 6.45) is 2.99. The van der Waals surface area contributed by atoms with Crippen LogP contribution in [0.25, 0.3) is 6.08 Å². The van der Waals surface area contributed by atoms with E-state index in [1.165, 1.54) is 11.8 Å². The average molecular weight is 382 g/mol. The molecule has 2 aromatic rings. The molecular formula is C21H22N2O3S. The molecule has 27 heavy (non-hydrogen) atoms. The number of thioether (sulfide) groups is 1. The topological polar surface area (TPSA) is 59.9 Å². The first-order valence-corrected chi connectivity index (χ1v) is 9.59. The van der Waals surface area contributed by atoms with Crippen LogP contribution in [0.3, 0.4) is 0 Å². The number of carbonyl (C=O) groups is 1. The highest BCUT2D eigenvalue weighted by Crippen LogP contribution is 2.29. The first-order valence-electron chi connectivity index (χ1n) is 8.77. The normalized spacial score (nSPS) is 17.8. The molecule has 0 aliphatic carbocycles. The Balaban J connectivity index is 1.70. The van der Waals surface area contributed by atoms with Crippen molar-refractivity contribution in [3.05, 3.63) is 59.0 Å². The van der Waals surface area contributed by atoms with Gasteiger partial charge in [-0.1, -0.05) is 19.1 Å². The van der Waals surface area contributed by atoms with Gasteiger partial charge in [0.25, 0.3) is 5.91 Å². The van der Waals surface area contributed by atoms with Gasteiger partial charge in [0.2, 0.25) is 0 Å². The van der Waals surface area contributed by atoms with Crippen molar-refractivity contribution in [3.63, 3.8) is 0 Å². The SMILES string of the molecule is CC[C@H](C)Oc1ccc(/C=C2/SC(=Nc3ccc(OC)cc3)NC2=O)cc1. The maximum Gasteiger partial charge on any atom is 0.264 e. The second-order valence-electron chi connectivity index (χ2n) is 6.09. The standard InChI is InChI=1S/C21H22N2O3S/c1-4-14(2)26-18-9-5-15(6-10-18)13-19-20(24)23-21(27-19)22-16-7-11-17(25-3)12-8-16/h5-14H,4H2,1-3H3,(H,22,23,24)/b19-13+/t14-/m0/s1. The van der Waals surface area contributed by atoms with Crippen LogP contribution in [0, 0.1) is 0 Å². The third kappa shape index (κ3) is 5.14. The first-order chi connectivity index (χ1) is 13.1. The predicted molar refractivity (Wildman–Crippen MR) is 111 cm³/mol. The molecule has 0 aromatic heterocycles. The summed E-state index contributed by atoms with van der Waals surface area (Å²) in [7, 11) is 1.62. The number of benzene rings is 2. The zero-order valence-corrected chi connectivity index (χ0v) is 16.4. The number of aliphatic imine (C=N–C) groups is 1. The molecule has 0 radical (unpaired) electrons. The Labute approximate surface area is 163 Å². The fraction of sp³-hybridized carbons (Fsp3) is 0.238. The van der Waals surface area contributed by atoms with E-state index in [0.717, 1.165) is 29.2 Å². The van der Waals surface area contributed by atoms with Crippen LogP contribution in [-0.4, -0.2) is 24.3 Å². The van der Waals surface area contributed by atoms with Gasteiger partial charge in [-0.3, -0.25) is 4.79 Å². The second-order valence-corrected chi connectivity index (χ2v) is 7.12. The van der Waals surface area contributed by atoms with E-state index in [9.17, 15) is 4.79 Å². The Morgan fingerprint density at radius 1 is 1.11 bits per heavy atom. The Kier molecular flexibility index (Phi) is 6.19. The minimum Gasteiger partial charge on any atom is -0.497 e. The highest BCUT2D eigenvalue weighted by molar-refractivity contribution is 8.18. The molecular weight excluding hydrogens is 360 g/mol. The lowest BCUT2D eigenvalue weighted by molar-refractivity contribution is -0.115. The molecule has 1 N–H and O–H groups in total. The third-order valence-electron chi connectivity index (χ3n) is 4.04. The summed E-state index contributed by atoms with van der Waals surface area (Å²) >= 11 is 1.32. The zero-order valence-electron chi connectivity index (χ0n) is 15.6. The van der Waals surface area contributed by atoms with Crippen LogP contribution in [0.5, 0.6) is 11.5 Å². The van der Waals surface area contributed by atoms with Gasteiger partial charge in [-0.25, -0.2) is 4.99 Å². The van der Waals surface area contributed by atoms with Gasteiger partial charge in [0.15, 0.2) is 5.17 Å². The molecule has 1 atom stereocenters. The predicted octanol–water partition coefficient (Wildman–Crippen LogP) is 4.76. The molecule has 3 rings (SSSR count). The first kappa shape index (κ1) is 19.0. The molecule has 0 bridgehead atoms. The van der Waals surface area contributed by atoms with Crippen LogP contribution in [0.4, 0.5) is 5.69 Å². The molecule has 0 saturated carbocycles. The lowest BCUT2D eigenvalue weighted by atomic mass is 10.2. The van der Waals surface area contributed by atoms with E-state index in [2.05, 4.69) is 17.2 Å². The fourth-order valence-corrected chi connectivity index (χ4v) is 3.21. The van der Waals surface area contributed by atoms with E-state index in [1.807, 2.05) is 61.5 Å². The summed E-state index contributed by atoms with van der Waals surface area (Å²) in [4.78, 5) is 17.3. The van der Waals surface area contributed by atoms with Crippen LogP contribution < -0.4 is 14.8 Å². The minimum atomic E-state index is -0.146. The van der Waals surface area contributed by atoms with Gasteiger partial charge in [-0.2, -0.15) is 0 Å². The van der Waals surface area contributed by atoms with Gasteiger partial charge >= 0.3 is 0 Å². The van der Waals surface area contributed by atoms with Gasteiger partial charge < -0.3 is 14.8 Å². The number of carbonyl (C=O) groups excluding carboxylic acids is 1. The van der Waals surface area contributed by atoms with Crippen molar-refractivity contribution < 1.29 is 14.3 Å². The number of amides is 1. The molecule has 1 amide bonds. The number of nitrogens with zero attached hydrogens (tertiary/aromatic N) is 1. The van der Waals surface area contributed by atoms with E-state index in [-0.39, 0.29) is 12.0 Å². The van der Waals surface area contributed by atoms with E-state index < -0.39 is 0 Å². The van der Waals surface area contributed by atoms with E-state index >= 15 is 0 Å². The van der Waals surface area contributed by atoms with Crippen molar-refractivity contribution >= 4 is 34.6 Å². The molecule has 1 aliphatic rings. The number of rotatable bonds is 6. The molecule has 1 heterocycles. The average Bonchev–Trinajstić information content (AvgIpc) is 3.02. The highest BCUT2D eigenvalue weighted by Gasteiger charge is 2.23. The van der Waals surface area contributed by atoms with Gasteiger partial charge in [0.05, 0.1) is 23.8 Å². The number of hydrogen-bond acceptors (Lipinski definition) is 5. The number of amidine groups is 1. The number of nitrogens with one attached hydrogen (secondary N) is 1. The largest absolute Gasteiger partial charge is 0.497 e. The van der Waals surface area contributed by atoms with Crippen LogP contribution in [-0.2, 0) is 4.79 Å². The van der Waals surface area contributed by atoms with Crippen LogP contribution in [0.2, 0.25) is 0 Å². The van der Waals surface area contributed by atoms with Crippen LogP contribution >= 0.6 is 11.8 Å². The monoisotopic (exact) mass is 382 g/mol. The quantitative estimate of drug-likeness (QED) is 0.732. The number of ether oxygens (including phenoxy) is 2. The second kappa shape index (κ2) is 8.77. The van der Waals surface area contributed by atoms with Gasteiger partial charge in [-0.15, -0.1) is 0 Å². The summed E-state index contributed by atoms with van der Waals surface area (Å²) in [5.74, 6) is 1.45. The minimum absolute atomic E-state index is 0.146. The molecule has 5 nitrogen and oxygen atoms in total. The van der Waals surface area contributed by atoms with Crippen molar-refractivity contribution in [1.29, 1.82) is 0 Å². The van der Waals surface area contributed by atoms with Crippen molar-refractivity contribution in [3.8, 4) is 11.5 Å². The highest BCUT2D eigenvalue weighted by atomic mass is 32.2. The molecule has 2 aromatic carbocycles. The Bertz CT molecular complexity index is 858. The fourth-order valence-electron chi connectivity index (χ4n) is 2.36.